The molecule has 29 heavy (non-hydrogen) atoms. The normalized spacial score (nSPS) is 11.0. The molecule has 6 nitrogen and oxygen atoms in total. The van der Waals surface area contributed by atoms with Gasteiger partial charge in [-0.25, -0.2) is 4.39 Å². The first kappa shape index (κ1) is 18.6. The summed E-state index contributed by atoms with van der Waals surface area (Å²) in [7, 11) is 1.44. The lowest BCUT2D eigenvalue weighted by Crippen LogP contribution is -2.22. The molecule has 0 aliphatic heterocycles. The number of carbonyl (C=O) groups excluding carboxylic acids is 1. The SMILES string of the molecule is CNC(=O)c1cc(Cn2ccc3cc(-c4conc4C)ccc3c2=O)ccc1F. The van der Waals surface area contributed by atoms with Crippen LogP contribution in [-0.2, 0) is 6.54 Å². The molecule has 0 aliphatic rings. The van der Waals surface area contributed by atoms with Crippen molar-refractivity contribution in [2.24, 2.45) is 0 Å². The van der Waals surface area contributed by atoms with Gasteiger partial charge in [0.2, 0.25) is 0 Å². The van der Waals surface area contributed by atoms with Gasteiger partial charge in [0.05, 0.1) is 17.8 Å². The zero-order valence-electron chi connectivity index (χ0n) is 15.9. The Morgan fingerprint density at radius 3 is 2.76 bits per heavy atom. The number of halogens is 1. The van der Waals surface area contributed by atoms with E-state index in [9.17, 15) is 14.0 Å². The van der Waals surface area contributed by atoms with Gasteiger partial charge in [0, 0.05) is 24.2 Å². The quantitative estimate of drug-likeness (QED) is 0.578. The molecule has 0 bridgehead atoms. The highest BCUT2D eigenvalue weighted by molar-refractivity contribution is 5.94. The smallest absolute Gasteiger partial charge is 0.258 e. The van der Waals surface area contributed by atoms with Gasteiger partial charge in [-0.3, -0.25) is 9.59 Å². The molecule has 0 saturated heterocycles. The maximum absolute atomic E-state index is 13.9. The van der Waals surface area contributed by atoms with E-state index in [2.05, 4.69) is 10.5 Å². The zero-order valence-corrected chi connectivity index (χ0v) is 15.9. The van der Waals surface area contributed by atoms with Gasteiger partial charge in [0.25, 0.3) is 11.5 Å². The molecule has 146 valence electrons. The van der Waals surface area contributed by atoms with Gasteiger partial charge >= 0.3 is 0 Å². The van der Waals surface area contributed by atoms with Crippen LogP contribution in [0.25, 0.3) is 21.9 Å². The minimum absolute atomic E-state index is 0.0485. The van der Waals surface area contributed by atoms with Crippen LogP contribution in [0.3, 0.4) is 0 Å². The number of carbonyl (C=O) groups is 1. The summed E-state index contributed by atoms with van der Waals surface area (Å²) < 4.78 is 20.4. The van der Waals surface area contributed by atoms with Crippen LogP contribution in [0.1, 0.15) is 21.6 Å². The van der Waals surface area contributed by atoms with Gasteiger partial charge in [0.1, 0.15) is 12.1 Å². The third kappa shape index (κ3) is 3.42. The van der Waals surface area contributed by atoms with E-state index in [4.69, 9.17) is 4.52 Å². The van der Waals surface area contributed by atoms with E-state index in [0.717, 1.165) is 22.2 Å². The summed E-state index contributed by atoms with van der Waals surface area (Å²) in [6.07, 6.45) is 3.27. The number of hydrogen-bond acceptors (Lipinski definition) is 4. The van der Waals surface area contributed by atoms with Crippen molar-refractivity contribution in [2.45, 2.75) is 13.5 Å². The molecule has 7 heteroatoms. The first-order valence-electron chi connectivity index (χ1n) is 9.03. The summed E-state index contributed by atoms with van der Waals surface area (Å²) in [6, 6.07) is 11.7. The molecular formula is C22H18FN3O3. The Morgan fingerprint density at radius 1 is 1.21 bits per heavy atom. The van der Waals surface area contributed by atoms with E-state index in [-0.39, 0.29) is 17.7 Å². The van der Waals surface area contributed by atoms with Gasteiger partial charge in [-0.1, -0.05) is 17.3 Å². The van der Waals surface area contributed by atoms with Crippen molar-refractivity contribution in [1.82, 2.24) is 15.0 Å². The number of fused-ring (bicyclic) bond motifs is 1. The largest absolute Gasteiger partial charge is 0.364 e. The highest BCUT2D eigenvalue weighted by Gasteiger charge is 2.12. The van der Waals surface area contributed by atoms with Crippen LogP contribution in [0.2, 0.25) is 0 Å². The number of nitrogens with one attached hydrogen (secondary N) is 1. The second kappa shape index (κ2) is 7.35. The molecule has 0 radical (unpaired) electrons. The Morgan fingerprint density at radius 2 is 2.03 bits per heavy atom. The molecule has 0 fully saturated rings. The predicted octanol–water partition coefficient (Wildman–Crippen LogP) is 3.51. The fourth-order valence-corrected chi connectivity index (χ4v) is 3.33. The van der Waals surface area contributed by atoms with Crippen molar-refractivity contribution in [3.8, 4) is 11.1 Å². The summed E-state index contributed by atoms with van der Waals surface area (Å²) in [6.45, 7) is 2.09. The second-order valence-electron chi connectivity index (χ2n) is 6.76. The number of hydrogen-bond donors (Lipinski definition) is 1. The fourth-order valence-electron chi connectivity index (χ4n) is 3.33. The summed E-state index contributed by atoms with van der Waals surface area (Å²) in [4.78, 5) is 24.7. The van der Waals surface area contributed by atoms with Crippen molar-refractivity contribution in [2.75, 3.05) is 7.05 Å². The topological polar surface area (TPSA) is 77.1 Å². The van der Waals surface area contributed by atoms with Crippen LogP contribution in [0, 0.1) is 12.7 Å². The van der Waals surface area contributed by atoms with E-state index in [0.29, 0.717) is 10.9 Å². The van der Waals surface area contributed by atoms with Crippen LogP contribution in [0.5, 0.6) is 0 Å². The minimum Gasteiger partial charge on any atom is -0.364 e. The molecule has 2 aromatic carbocycles. The Hall–Kier alpha value is -3.74. The Kier molecular flexibility index (Phi) is 4.72. The molecule has 0 aliphatic carbocycles. The first-order valence-corrected chi connectivity index (χ1v) is 9.03. The number of aryl methyl sites for hydroxylation is 1. The number of amides is 1. The molecule has 2 heterocycles. The van der Waals surface area contributed by atoms with Gasteiger partial charge in [-0.15, -0.1) is 0 Å². The van der Waals surface area contributed by atoms with E-state index in [1.807, 2.05) is 25.1 Å². The zero-order chi connectivity index (χ0) is 20.5. The second-order valence-corrected chi connectivity index (χ2v) is 6.76. The summed E-state index contributed by atoms with van der Waals surface area (Å²) in [5.41, 5.74) is 3.02. The molecule has 0 unspecified atom stereocenters. The summed E-state index contributed by atoms with van der Waals surface area (Å²) in [5.74, 6) is -1.11. The van der Waals surface area contributed by atoms with Crippen LogP contribution in [0.15, 0.2) is 64.2 Å². The fraction of sp³-hybridized carbons (Fsp3) is 0.136. The maximum Gasteiger partial charge on any atom is 0.258 e. The Bertz CT molecular complexity index is 1290. The van der Waals surface area contributed by atoms with E-state index >= 15 is 0 Å². The molecule has 1 N–H and O–H groups in total. The number of pyridine rings is 1. The van der Waals surface area contributed by atoms with Crippen LogP contribution >= 0.6 is 0 Å². The van der Waals surface area contributed by atoms with Crippen LogP contribution < -0.4 is 10.9 Å². The van der Waals surface area contributed by atoms with Crippen molar-refractivity contribution in [1.29, 1.82) is 0 Å². The standard InChI is InChI=1S/C22H18FN3O3/c1-13-19(12-29-25-13)15-4-5-17-16(10-15)7-8-26(22(17)28)11-14-3-6-20(23)18(9-14)21(27)24-2/h3-10,12H,11H2,1-2H3,(H,24,27). The molecule has 4 aromatic rings. The highest BCUT2D eigenvalue weighted by atomic mass is 19.1. The number of rotatable bonds is 4. The Labute approximate surface area is 165 Å². The van der Waals surface area contributed by atoms with Crippen molar-refractivity contribution >= 4 is 16.7 Å². The van der Waals surface area contributed by atoms with Crippen molar-refractivity contribution in [3.05, 3.63) is 87.9 Å². The van der Waals surface area contributed by atoms with Gasteiger partial charge < -0.3 is 14.4 Å². The lowest BCUT2D eigenvalue weighted by Gasteiger charge is -2.10. The molecule has 1 amide bonds. The molecule has 4 rings (SSSR count). The van der Waals surface area contributed by atoms with E-state index < -0.39 is 11.7 Å². The summed E-state index contributed by atoms with van der Waals surface area (Å²) >= 11 is 0. The molecule has 2 aromatic heterocycles. The molecular weight excluding hydrogens is 373 g/mol. The van der Waals surface area contributed by atoms with Crippen molar-refractivity contribution < 1.29 is 13.7 Å². The summed E-state index contributed by atoms with van der Waals surface area (Å²) in [5, 5.41) is 7.67. The monoisotopic (exact) mass is 391 g/mol. The van der Waals surface area contributed by atoms with Gasteiger partial charge in [-0.05, 0) is 53.8 Å². The average molecular weight is 391 g/mol. The van der Waals surface area contributed by atoms with Crippen molar-refractivity contribution in [3.63, 3.8) is 0 Å². The van der Waals surface area contributed by atoms with E-state index in [1.165, 1.54) is 23.7 Å². The number of aromatic nitrogens is 2. The number of benzene rings is 2. The maximum atomic E-state index is 13.9. The first-order chi connectivity index (χ1) is 14.0. The lowest BCUT2D eigenvalue weighted by atomic mass is 10.0. The Balaban J connectivity index is 1.71. The third-order valence-electron chi connectivity index (χ3n) is 4.89. The highest BCUT2D eigenvalue weighted by Crippen LogP contribution is 2.25. The minimum atomic E-state index is -0.601. The molecule has 0 atom stereocenters. The predicted molar refractivity (Wildman–Crippen MR) is 107 cm³/mol. The number of nitrogens with zero attached hydrogens (tertiary/aromatic N) is 2. The van der Waals surface area contributed by atoms with Gasteiger partial charge in [-0.2, -0.15) is 0 Å². The van der Waals surface area contributed by atoms with E-state index in [1.54, 1.807) is 24.6 Å². The van der Waals surface area contributed by atoms with Crippen LogP contribution in [0.4, 0.5) is 4.39 Å². The lowest BCUT2D eigenvalue weighted by molar-refractivity contribution is 0.0959. The van der Waals surface area contributed by atoms with Gasteiger partial charge in [0.15, 0.2) is 0 Å². The average Bonchev–Trinajstić information content (AvgIpc) is 3.16. The van der Waals surface area contributed by atoms with Crippen LogP contribution in [-0.4, -0.2) is 22.7 Å². The molecule has 0 saturated carbocycles. The third-order valence-corrected chi connectivity index (χ3v) is 4.89. The molecule has 0 spiro atoms.